The van der Waals surface area contributed by atoms with Gasteiger partial charge in [0.2, 0.25) is 0 Å². The summed E-state index contributed by atoms with van der Waals surface area (Å²) in [5, 5.41) is 0. The Labute approximate surface area is 216 Å². The Bertz CT molecular complexity index is 492. The van der Waals surface area contributed by atoms with E-state index in [0.29, 0.717) is 0 Å². The summed E-state index contributed by atoms with van der Waals surface area (Å²) in [4.78, 5) is 0. The fraction of sp³-hybridized carbons (Fsp3) is 0.800. The molecule has 0 aliphatic heterocycles. The van der Waals surface area contributed by atoms with Crippen LogP contribution in [-0.2, 0) is 14.2 Å². The quantitative estimate of drug-likeness (QED) is 0.0860. The van der Waals surface area contributed by atoms with Gasteiger partial charge in [0.15, 0.2) is 0 Å². The SMILES string of the molecule is CCCCOCCC[CH2][Sn]([CH2]CCCOCCCC)([CH2]CCCOCCCC)[c]1ccccc1. The summed E-state index contributed by atoms with van der Waals surface area (Å²) in [6.45, 7) is 12.3. The van der Waals surface area contributed by atoms with Crippen molar-refractivity contribution >= 4 is 22.0 Å². The molecule has 0 spiro atoms. The predicted molar refractivity (Wildman–Crippen MR) is 151 cm³/mol. The van der Waals surface area contributed by atoms with E-state index in [4.69, 9.17) is 14.2 Å². The van der Waals surface area contributed by atoms with E-state index < -0.39 is 18.4 Å². The van der Waals surface area contributed by atoms with Crippen molar-refractivity contribution < 1.29 is 14.2 Å². The van der Waals surface area contributed by atoms with Gasteiger partial charge in [-0.25, -0.2) is 0 Å². The van der Waals surface area contributed by atoms with Gasteiger partial charge in [0.1, 0.15) is 0 Å². The Kier molecular flexibility index (Phi) is 21.9. The van der Waals surface area contributed by atoms with Crippen LogP contribution in [0.5, 0.6) is 0 Å². The molecule has 0 amide bonds. The summed E-state index contributed by atoms with van der Waals surface area (Å²) in [6, 6.07) is 11.7. The number of hydrogen-bond acceptors (Lipinski definition) is 3. The van der Waals surface area contributed by atoms with Gasteiger partial charge < -0.3 is 0 Å². The van der Waals surface area contributed by atoms with Crippen molar-refractivity contribution in [3.8, 4) is 0 Å². The van der Waals surface area contributed by atoms with E-state index in [1.54, 1.807) is 3.58 Å². The monoisotopic (exact) mass is 584 g/mol. The normalized spacial score (nSPS) is 11.9. The molecular weight excluding hydrogens is 527 g/mol. The third-order valence-electron chi connectivity index (χ3n) is 6.89. The molecule has 0 bridgehead atoms. The van der Waals surface area contributed by atoms with E-state index >= 15 is 0 Å². The molecule has 3 nitrogen and oxygen atoms in total. The maximum absolute atomic E-state index is 5.88. The van der Waals surface area contributed by atoms with Crippen LogP contribution in [-0.4, -0.2) is 58.0 Å². The van der Waals surface area contributed by atoms with E-state index in [-0.39, 0.29) is 0 Å². The second-order valence-electron chi connectivity index (χ2n) is 9.92. The Morgan fingerprint density at radius 1 is 0.471 bits per heavy atom. The van der Waals surface area contributed by atoms with Crippen molar-refractivity contribution in [2.24, 2.45) is 0 Å². The summed E-state index contributed by atoms with van der Waals surface area (Å²) in [5.74, 6) is 0. The van der Waals surface area contributed by atoms with Gasteiger partial charge in [-0.2, -0.15) is 0 Å². The summed E-state index contributed by atoms with van der Waals surface area (Å²) >= 11 is -2.50. The average Bonchev–Trinajstić information content (AvgIpc) is 2.87. The fourth-order valence-electron chi connectivity index (χ4n) is 4.65. The topological polar surface area (TPSA) is 27.7 Å². The van der Waals surface area contributed by atoms with Crippen molar-refractivity contribution in [3.05, 3.63) is 30.3 Å². The van der Waals surface area contributed by atoms with Crippen LogP contribution in [0.2, 0.25) is 13.3 Å². The van der Waals surface area contributed by atoms with Gasteiger partial charge in [0, 0.05) is 0 Å². The molecule has 0 aliphatic rings. The Hall–Kier alpha value is -0.101. The molecule has 0 aliphatic carbocycles. The zero-order valence-electron chi connectivity index (χ0n) is 23.0. The van der Waals surface area contributed by atoms with Gasteiger partial charge in [-0.1, -0.05) is 0 Å². The molecule has 0 unspecified atom stereocenters. The van der Waals surface area contributed by atoms with Gasteiger partial charge in [-0.05, 0) is 0 Å². The fourth-order valence-corrected chi connectivity index (χ4v) is 19.8. The molecule has 0 radical (unpaired) electrons. The predicted octanol–water partition coefficient (Wildman–Crippen LogP) is 8.13. The molecule has 198 valence electrons. The average molecular weight is 583 g/mol. The van der Waals surface area contributed by atoms with E-state index in [1.165, 1.54) is 90.4 Å². The first-order valence-electron chi connectivity index (χ1n) is 14.6. The van der Waals surface area contributed by atoms with Gasteiger partial charge in [-0.3, -0.25) is 0 Å². The third-order valence-corrected chi connectivity index (χ3v) is 22.6. The molecule has 1 aromatic rings. The second kappa shape index (κ2) is 23.3. The van der Waals surface area contributed by atoms with E-state index in [0.717, 1.165) is 39.6 Å². The number of benzene rings is 1. The van der Waals surface area contributed by atoms with Gasteiger partial charge in [-0.15, -0.1) is 0 Å². The summed E-state index contributed by atoms with van der Waals surface area (Å²) in [6.07, 6.45) is 14.9. The van der Waals surface area contributed by atoms with Crippen molar-refractivity contribution in [3.63, 3.8) is 0 Å². The molecule has 0 fully saturated rings. The second-order valence-corrected chi connectivity index (χ2v) is 23.2. The maximum atomic E-state index is 5.88. The van der Waals surface area contributed by atoms with Crippen LogP contribution in [0, 0.1) is 0 Å². The van der Waals surface area contributed by atoms with Gasteiger partial charge in [0.25, 0.3) is 0 Å². The Morgan fingerprint density at radius 3 is 1.18 bits per heavy atom. The molecule has 1 aromatic carbocycles. The number of ether oxygens (including phenoxy) is 3. The molecule has 0 N–H and O–H groups in total. The van der Waals surface area contributed by atoms with Crippen LogP contribution >= 0.6 is 0 Å². The van der Waals surface area contributed by atoms with Crippen molar-refractivity contribution in [2.45, 2.75) is 111 Å². The summed E-state index contributed by atoms with van der Waals surface area (Å²) in [7, 11) is 0. The number of rotatable bonds is 25. The zero-order valence-corrected chi connectivity index (χ0v) is 25.8. The van der Waals surface area contributed by atoms with Crippen LogP contribution < -0.4 is 3.58 Å². The summed E-state index contributed by atoms with van der Waals surface area (Å²) in [5.41, 5.74) is 0. The van der Waals surface area contributed by atoms with Gasteiger partial charge in [0.05, 0.1) is 0 Å². The molecule has 0 aromatic heterocycles. The third kappa shape index (κ3) is 15.8. The van der Waals surface area contributed by atoms with E-state index in [9.17, 15) is 0 Å². The standard InChI is InChI=1S/3C8H17O.C6H5.Sn/c3*1-3-5-7-9-8-6-4-2;1-2-4-6-5-3-1;/h3*1,3-8H2,2H3;1-5H;. The molecule has 34 heavy (non-hydrogen) atoms. The van der Waals surface area contributed by atoms with Crippen molar-refractivity contribution in [2.75, 3.05) is 39.6 Å². The first-order valence-corrected chi connectivity index (χ1v) is 22.1. The minimum absolute atomic E-state index is 0.930. The van der Waals surface area contributed by atoms with Crippen LogP contribution in [0.15, 0.2) is 30.3 Å². The Balaban J connectivity index is 2.66. The van der Waals surface area contributed by atoms with Crippen LogP contribution in [0.25, 0.3) is 0 Å². The first kappa shape index (κ1) is 31.9. The van der Waals surface area contributed by atoms with Crippen LogP contribution in [0.3, 0.4) is 0 Å². The van der Waals surface area contributed by atoms with Crippen LogP contribution in [0.1, 0.15) is 97.8 Å². The van der Waals surface area contributed by atoms with Gasteiger partial charge >= 0.3 is 217 Å². The van der Waals surface area contributed by atoms with E-state index in [1.807, 2.05) is 0 Å². The van der Waals surface area contributed by atoms with E-state index in [2.05, 4.69) is 51.1 Å². The molecule has 0 saturated carbocycles. The molecule has 4 heteroatoms. The molecule has 0 heterocycles. The zero-order chi connectivity index (χ0) is 24.6. The minimum atomic E-state index is -2.50. The molecule has 1 rings (SSSR count). The van der Waals surface area contributed by atoms with Crippen LogP contribution in [0.4, 0.5) is 0 Å². The molecule has 0 atom stereocenters. The molecular formula is C30H56O3Sn. The van der Waals surface area contributed by atoms with Crippen molar-refractivity contribution in [1.82, 2.24) is 0 Å². The Morgan fingerprint density at radius 2 is 0.824 bits per heavy atom. The number of unbranched alkanes of at least 4 members (excludes halogenated alkanes) is 6. The summed E-state index contributed by atoms with van der Waals surface area (Å²) < 4.78 is 23.7. The first-order chi connectivity index (χ1) is 16.8. The molecule has 0 saturated heterocycles. The number of hydrogen-bond donors (Lipinski definition) is 0. The van der Waals surface area contributed by atoms with Crippen molar-refractivity contribution in [1.29, 1.82) is 0 Å².